The molecule has 0 atom stereocenters. The minimum atomic E-state index is 0.0720. The molecule has 0 aliphatic heterocycles. The zero-order valence-electron chi connectivity index (χ0n) is 12.5. The Labute approximate surface area is 122 Å². The van der Waals surface area contributed by atoms with Crippen LogP contribution in [-0.4, -0.2) is 23.0 Å². The van der Waals surface area contributed by atoms with Gasteiger partial charge in [-0.25, -0.2) is 0 Å². The molecule has 0 heterocycles. The molecule has 0 amide bonds. The number of aliphatic imine (C=N–C) groups is 1. The lowest BCUT2D eigenvalue weighted by Crippen LogP contribution is -1.87. The summed E-state index contributed by atoms with van der Waals surface area (Å²) in [6, 6.07) is 4.55. The zero-order valence-corrected chi connectivity index (χ0v) is 12.5. The molecule has 0 saturated carbocycles. The van der Waals surface area contributed by atoms with Crippen molar-refractivity contribution in [1.29, 1.82) is 0 Å². The molecule has 0 spiro atoms. The molecule has 0 aromatic heterocycles. The normalized spacial score (nSPS) is 11.2. The number of unbranched alkanes of at least 4 members (excludes halogenated alkanes) is 7. The number of benzene rings is 1. The predicted molar refractivity (Wildman–Crippen MR) is 84.8 cm³/mol. The molecule has 0 radical (unpaired) electrons. The van der Waals surface area contributed by atoms with Crippen molar-refractivity contribution in [2.24, 2.45) is 4.99 Å². The minimum Gasteiger partial charge on any atom is -0.508 e. The topological polar surface area (TPSA) is 52.8 Å². The van der Waals surface area contributed by atoms with E-state index >= 15 is 0 Å². The van der Waals surface area contributed by atoms with Crippen LogP contribution in [0.2, 0.25) is 0 Å². The molecule has 0 bridgehead atoms. The van der Waals surface area contributed by atoms with Crippen molar-refractivity contribution in [3.63, 3.8) is 0 Å². The Balaban J connectivity index is 2.07. The van der Waals surface area contributed by atoms with E-state index in [-0.39, 0.29) is 11.5 Å². The van der Waals surface area contributed by atoms with Gasteiger partial charge in [0.2, 0.25) is 0 Å². The predicted octanol–water partition coefficient (Wildman–Crippen LogP) is 4.66. The smallest absolute Gasteiger partial charge is 0.128 e. The van der Waals surface area contributed by atoms with Gasteiger partial charge in [0.05, 0.1) is 0 Å². The second-order valence-corrected chi connectivity index (χ2v) is 5.25. The van der Waals surface area contributed by atoms with Gasteiger partial charge in [-0.05, 0) is 18.6 Å². The van der Waals surface area contributed by atoms with Crippen molar-refractivity contribution in [2.45, 2.75) is 58.3 Å². The van der Waals surface area contributed by atoms with Crippen molar-refractivity contribution in [3.8, 4) is 11.5 Å². The van der Waals surface area contributed by atoms with Gasteiger partial charge in [-0.1, -0.05) is 51.9 Å². The highest BCUT2D eigenvalue weighted by Crippen LogP contribution is 2.20. The number of phenols is 2. The Morgan fingerprint density at radius 1 is 0.950 bits per heavy atom. The van der Waals surface area contributed by atoms with Crippen LogP contribution in [0.4, 0.5) is 0 Å². The fourth-order valence-electron chi connectivity index (χ4n) is 2.14. The number of nitrogens with zero attached hydrogens (tertiary/aromatic N) is 1. The lowest BCUT2D eigenvalue weighted by Gasteiger charge is -2.01. The summed E-state index contributed by atoms with van der Waals surface area (Å²) in [5, 5.41) is 18.8. The molecule has 20 heavy (non-hydrogen) atoms. The summed E-state index contributed by atoms with van der Waals surface area (Å²) < 4.78 is 0. The summed E-state index contributed by atoms with van der Waals surface area (Å²) in [4.78, 5) is 4.31. The van der Waals surface area contributed by atoms with Crippen molar-refractivity contribution >= 4 is 6.21 Å². The molecule has 0 aliphatic carbocycles. The summed E-state index contributed by atoms with van der Waals surface area (Å²) in [6.07, 6.45) is 12.0. The Kier molecular flexibility index (Phi) is 8.52. The minimum absolute atomic E-state index is 0.0720. The zero-order chi connectivity index (χ0) is 14.6. The van der Waals surface area contributed by atoms with Crippen LogP contribution in [0.3, 0.4) is 0 Å². The standard InChI is InChI=1S/C17H27NO2/c1-2-3-4-5-6-7-8-9-12-18-14-15-10-11-16(19)13-17(15)20/h10-11,13-14,19-20H,2-9,12H2,1H3. The Morgan fingerprint density at radius 2 is 1.60 bits per heavy atom. The molecule has 2 N–H and O–H groups in total. The lowest BCUT2D eigenvalue weighted by molar-refractivity contribution is 0.450. The van der Waals surface area contributed by atoms with Crippen molar-refractivity contribution < 1.29 is 10.2 Å². The average molecular weight is 277 g/mol. The molecule has 1 aromatic rings. The molecule has 3 nitrogen and oxygen atoms in total. The number of hydrogen-bond donors (Lipinski definition) is 2. The van der Waals surface area contributed by atoms with E-state index in [9.17, 15) is 10.2 Å². The van der Waals surface area contributed by atoms with Crippen LogP contribution in [0.25, 0.3) is 0 Å². The van der Waals surface area contributed by atoms with Gasteiger partial charge in [0, 0.05) is 24.4 Å². The monoisotopic (exact) mass is 277 g/mol. The fourth-order valence-corrected chi connectivity index (χ4v) is 2.14. The van der Waals surface area contributed by atoms with Crippen LogP contribution in [0, 0.1) is 0 Å². The van der Waals surface area contributed by atoms with Gasteiger partial charge in [-0.3, -0.25) is 4.99 Å². The molecular formula is C17H27NO2. The second kappa shape index (κ2) is 10.3. The van der Waals surface area contributed by atoms with Crippen molar-refractivity contribution in [3.05, 3.63) is 23.8 Å². The van der Waals surface area contributed by atoms with Crippen molar-refractivity contribution in [1.82, 2.24) is 0 Å². The Hall–Kier alpha value is -1.51. The van der Waals surface area contributed by atoms with E-state index in [2.05, 4.69) is 11.9 Å². The van der Waals surface area contributed by atoms with Crippen molar-refractivity contribution in [2.75, 3.05) is 6.54 Å². The maximum absolute atomic E-state index is 9.58. The molecular weight excluding hydrogens is 250 g/mol. The van der Waals surface area contributed by atoms with Crippen LogP contribution >= 0.6 is 0 Å². The van der Waals surface area contributed by atoms with Crippen LogP contribution in [0.1, 0.15) is 63.9 Å². The third-order valence-corrected chi connectivity index (χ3v) is 3.39. The molecule has 0 saturated heterocycles. The number of rotatable bonds is 10. The highest BCUT2D eigenvalue weighted by Gasteiger charge is 1.98. The highest BCUT2D eigenvalue weighted by molar-refractivity contribution is 5.83. The van der Waals surface area contributed by atoms with Crippen LogP contribution < -0.4 is 0 Å². The first-order valence-corrected chi connectivity index (χ1v) is 7.76. The molecule has 0 aliphatic rings. The Morgan fingerprint density at radius 3 is 2.25 bits per heavy atom. The molecule has 1 aromatic carbocycles. The summed E-state index contributed by atoms with van der Waals surface area (Å²) in [6.45, 7) is 3.04. The summed E-state index contributed by atoms with van der Waals surface area (Å²) in [5.41, 5.74) is 0.655. The van der Waals surface area contributed by atoms with Gasteiger partial charge >= 0.3 is 0 Å². The quantitative estimate of drug-likeness (QED) is 0.483. The van der Waals surface area contributed by atoms with Crippen LogP contribution in [0.5, 0.6) is 11.5 Å². The highest BCUT2D eigenvalue weighted by atomic mass is 16.3. The SMILES string of the molecule is CCCCCCCCCCN=Cc1ccc(O)cc1O. The molecule has 1 rings (SSSR count). The fraction of sp³-hybridized carbons (Fsp3) is 0.588. The van der Waals surface area contributed by atoms with E-state index in [4.69, 9.17) is 0 Å². The molecule has 0 unspecified atom stereocenters. The Bertz CT molecular complexity index is 402. The van der Waals surface area contributed by atoms with Gasteiger partial charge in [0.1, 0.15) is 11.5 Å². The molecule has 3 heteroatoms. The van der Waals surface area contributed by atoms with E-state index < -0.39 is 0 Å². The average Bonchev–Trinajstić information content (AvgIpc) is 2.43. The van der Waals surface area contributed by atoms with Gasteiger partial charge < -0.3 is 10.2 Å². The summed E-state index contributed by atoms with van der Waals surface area (Å²) in [5.74, 6) is 0.146. The summed E-state index contributed by atoms with van der Waals surface area (Å²) in [7, 11) is 0. The van der Waals surface area contributed by atoms with Crippen LogP contribution in [0.15, 0.2) is 23.2 Å². The number of phenolic OH excluding ortho intramolecular Hbond substituents is 2. The second-order valence-electron chi connectivity index (χ2n) is 5.25. The maximum Gasteiger partial charge on any atom is 0.128 e. The number of hydrogen-bond acceptors (Lipinski definition) is 3. The van der Waals surface area contributed by atoms with E-state index in [1.54, 1.807) is 18.3 Å². The van der Waals surface area contributed by atoms with Gasteiger partial charge in [0.25, 0.3) is 0 Å². The number of aromatic hydroxyl groups is 2. The van der Waals surface area contributed by atoms with Gasteiger partial charge in [-0.2, -0.15) is 0 Å². The van der Waals surface area contributed by atoms with E-state index in [1.807, 2.05) is 0 Å². The van der Waals surface area contributed by atoms with Crippen LogP contribution in [-0.2, 0) is 0 Å². The van der Waals surface area contributed by atoms with E-state index in [0.717, 1.165) is 13.0 Å². The van der Waals surface area contributed by atoms with Gasteiger partial charge in [0.15, 0.2) is 0 Å². The first-order valence-electron chi connectivity index (χ1n) is 7.76. The first kappa shape index (κ1) is 16.5. The first-order chi connectivity index (χ1) is 9.74. The summed E-state index contributed by atoms with van der Waals surface area (Å²) >= 11 is 0. The third-order valence-electron chi connectivity index (χ3n) is 3.39. The maximum atomic E-state index is 9.58. The molecule has 112 valence electrons. The third kappa shape index (κ3) is 7.17. The van der Waals surface area contributed by atoms with E-state index in [0.29, 0.717) is 5.56 Å². The molecule has 0 fully saturated rings. The van der Waals surface area contributed by atoms with E-state index in [1.165, 1.54) is 51.0 Å². The lowest BCUT2D eigenvalue weighted by atomic mass is 10.1. The largest absolute Gasteiger partial charge is 0.508 e. The van der Waals surface area contributed by atoms with Gasteiger partial charge in [-0.15, -0.1) is 0 Å².